The molecule has 22 heavy (non-hydrogen) atoms. The lowest BCUT2D eigenvalue weighted by atomic mass is 10.1. The molecule has 1 aliphatic heterocycles. The molecule has 0 aromatic carbocycles. The van der Waals surface area contributed by atoms with Crippen molar-refractivity contribution < 1.29 is 19.5 Å². The summed E-state index contributed by atoms with van der Waals surface area (Å²) in [6.07, 6.45) is 5.47. The second kappa shape index (κ2) is 7.22. The number of aliphatic hydroxyl groups is 1. The van der Waals surface area contributed by atoms with Gasteiger partial charge in [0.25, 0.3) is 5.91 Å². The Morgan fingerprint density at radius 2 is 2.14 bits per heavy atom. The molecule has 1 saturated carbocycles. The van der Waals surface area contributed by atoms with Gasteiger partial charge in [0, 0.05) is 19.6 Å². The van der Waals surface area contributed by atoms with Gasteiger partial charge in [0.05, 0.1) is 6.04 Å². The predicted molar refractivity (Wildman–Crippen MR) is 79.6 cm³/mol. The Bertz CT molecular complexity index is 499. The van der Waals surface area contributed by atoms with E-state index in [1.54, 1.807) is 12.2 Å². The van der Waals surface area contributed by atoms with Crippen LogP contribution in [0.5, 0.6) is 0 Å². The van der Waals surface area contributed by atoms with Crippen molar-refractivity contribution in [2.24, 2.45) is 5.92 Å². The Kier molecular flexibility index (Phi) is 5.32. The molecule has 1 fully saturated rings. The van der Waals surface area contributed by atoms with Crippen LogP contribution in [0.2, 0.25) is 0 Å². The van der Waals surface area contributed by atoms with Gasteiger partial charge < -0.3 is 20.6 Å². The maximum Gasteiger partial charge on any atom is 0.312 e. The Morgan fingerprint density at radius 1 is 1.41 bits per heavy atom. The van der Waals surface area contributed by atoms with Gasteiger partial charge in [-0.3, -0.25) is 14.4 Å². The molecule has 0 saturated heterocycles. The molecule has 3 N–H and O–H groups in total. The molecule has 3 amide bonds. The van der Waals surface area contributed by atoms with Gasteiger partial charge in [0.15, 0.2) is 6.10 Å². The van der Waals surface area contributed by atoms with Gasteiger partial charge in [-0.2, -0.15) is 0 Å². The summed E-state index contributed by atoms with van der Waals surface area (Å²) >= 11 is 0. The van der Waals surface area contributed by atoms with E-state index in [9.17, 15) is 19.5 Å². The zero-order chi connectivity index (χ0) is 16.1. The van der Waals surface area contributed by atoms with E-state index >= 15 is 0 Å². The smallest absolute Gasteiger partial charge is 0.312 e. The standard InChI is InChI=1S/C15H21N3O4/c1-2-12(19)13(20)17-11-4-3-7-18(9-11)15(22)14(21)16-8-10-5-6-10/h2-4,10-12,19H,1,5-9H2,(H,16,21)(H,17,20). The summed E-state index contributed by atoms with van der Waals surface area (Å²) in [6.45, 7) is 4.40. The molecule has 2 unspecified atom stereocenters. The number of carbonyl (C=O) groups excluding carboxylic acids is 3. The highest BCUT2D eigenvalue weighted by Crippen LogP contribution is 2.27. The van der Waals surface area contributed by atoms with E-state index < -0.39 is 29.9 Å². The van der Waals surface area contributed by atoms with Crippen LogP contribution >= 0.6 is 0 Å². The molecule has 0 aromatic rings. The lowest BCUT2D eigenvalue weighted by Crippen LogP contribution is -2.52. The van der Waals surface area contributed by atoms with Crippen molar-refractivity contribution in [2.75, 3.05) is 19.6 Å². The van der Waals surface area contributed by atoms with E-state index in [0.29, 0.717) is 19.0 Å². The first kappa shape index (κ1) is 16.2. The number of carbonyl (C=O) groups is 3. The molecule has 0 aromatic heterocycles. The summed E-state index contributed by atoms with van der Waals surface area (Å²) in [5, 5.41) is 14.6. The number of nitrogens with one attached hydrogen (secondary N) is 2. The minimum Gasteiger partial charge on any atom is -0.379 e. The van der Waals surface area contributed by atoms with E-state index in [1.165, 1.54) is 4.90 Å². The second-order valence-corrected chi connectivity index (χ2v) is 5.59. The SMILES string of the molecule is C=CC(O)C(=O)NC1C=CCN(C(=O)C(=O)NCC2CC2)C1. The normalized spacial score (nSPS) is 21.9. The van der Waals surface area contributed by atoms with Gasteiger partial charge in [-0.05, 0) is 18.8 Å². The highest BCUT2D eigenvalue weighted by atomic mass is 16.3. The maximum atomic E-state index is 12.1. The zero-order valence-electron chi connectivity index (χ0n) is 12.3. The molecule has 120 valence electrons. The van der Waals surface area contributed by atoms with Gasteiger partial charge >= 0.3 is 11.8 Å². The predicted octanol–water partition coefficient (Wildman–Crippen LogP) is -1.06. The number of aliphatic hydroxyl groups excluding tert-OH is 1. The minimum atomic E-state index is -1.29. The second-order valence-electron chi connectivity index (χ2n) is 5.59. The number of hydrogen-bond donors (Lipinski definition) is 3. The van der Waals surface area contributed by atoms with E-state index in [4.69, 9.17) is 0 Å². The lowest BCUT2D eigenvalue weighted by Gasteiger charge is -2.29. The lowest BCUT2D eigenvalue weighted by molar-refractivity contribution is -0.146. The summed E-state index contributed by atoms with van der Waals surface area (Å²) in [6, 6.07) is -0.434. The summed E-state index contributed by atoms with van der Waals surface area (Å²) in [5.41, 5.74) is 0. The van der Waals surface area contributed by atoms with Crippen LogP contribution in [0.25, 0.3) is 0 Å². The fourth-order valence-electron chi connectivity index (χ4n) is 2.14. The fraction of sp³-hybridized carbons (Fsp3) is 0.533. The van der Waals surface area contributed by atoms with E-state index in [2.05, 4.69) is 17.2 Å². The van der Waals surface area contributed by atoms with Crippen LogP contribution in [0.3, 0.4) is 0 Å². The summed E-state index contributed by atoms with van der Waals surface area (Å²) < 4.78 is 0. The molecule has 0 bridgehead atoms. The van der Waals surface area contributed by atoms with Crippen molar-refractivity contribution in [3.8, 4) is 0 Å². The maximum absolute atomic E-state index is 12.1. The summed E-state index contributed by atoms with van der Waals surface area (Å²) in [7, 11) is 0. The summed E-state index contributed by atoms with van der Waals surface area (Å²) in [5.74, 6) is -1.30. The van der Waals surface area contributed by atoms with Crippen LogP contribution in [0.4, 0.5) is 0 Å². The van der Waals surface area contributed by atoms with Crippen molar-refractivity contribution in [3.05, 3.63) is 24.8 Å². The fourth-order valence-corrected chi connectivity index (χ4v) is 2.14. The van der Waals surface area contributed by atoms with Crippen LogP contribution in [0.15, 0.2) is 24.8 Å². The molecule has 0 spiro atoms. The number of nitrogens with zero attached hydrogens (tertiary/aromatic N) is 1. The Morgan fingerprint density at radius 3 is 2.77 bits per heavy atom. The van der Waals surface area contributed by atoms with Crippen molar-refractivity contribution in [2.45, 2.75) is 25.0 Å². The van der Waals surface area contributed by atoms with Crippen molar-refractivity contribution >= 4 is 17.7 Å². The molecule has 2 atom stereocenters. The largest absolute Gasteiger partial charge is 0.379 e. The van der Waals surface area contributed by atoms with Crippen LogP contribution in [0, 0.1) is 5.92 Å². The third-order valence-corrected chi connectivity index (χ3v) is 3.66. The van der Waals surface area contributed by atoms with E-state index in [-0.39, 0.29) is 6.54 Å². The highest BCUT2D eigenvalue weighted by molar-refractivity contribution is 6.35. The number of hydrogen-bond acceptors (Lipinski definition) is 4. The van der Waals surface area contributed by atoms with Gasteiger partial charge in [-0.25, -0.2) is 0 Å². The number of rotatable bonds is 5. The Labute approximate surface area is 129 Å². The van der Waals surface area contributed by atoms with Gasteiger partial charge in [-0.15, -0.1) is 0 Å². The van der Waals surface area contributed by atoms with Crippen LogP contribution in [-0.4, -0.2) is 59.5 Å². The topological polar surface area (TPSA) is 98.7 Å². The van der Waals surface area contributed by atoms with Crippen molar-refractivity contribution in [1.82, 2.24) is 15.5 Å². The molecule has 7 heteroatoms. The molecule has 2 rings (SSSR count). The van der Waals surface area contributed by atoms with Gasteiger partial charge in [-0.1, -0.05) is 24.8 Å². The zero-order valence-corrected chi connectivity index (χ0v) is 12.3. The van der Waals surface area contributed by atoms with Crippen LogP contribution in [-0.2, 0) is 14.4 Å². The molecule has 7 nitrogen and oxygen atoms in total. The third kappa shape index (κ3) is 4.42. The Balaban J connectivity index is 1.83. The number of amides is 3. The van der Waals surface area contributed by atoms with Crippen molar-refractivity contribution in [3.63, 3.8) is 0 Å². The van der Waals surface area contributed by atoms with Gasteiger partial charge in [0.1, 0.15) is 0 Å². The van der Waals surface area contributed by atoms with E-state index in [1.807, 2.05) is 0 Å². The average Bonchev–Trinajstić information content (AvgIpc) is 3.35. The first-order valence-corrected chi connectivity index (χ1v) is 7.36. The van der Waals surface area contributed by atoms with Crippen LogP contribution in [0.1, 0.15) is 12.8 Å². The average molecular weight is 307 g/mol. The first-order valence-electron chi connectivity index (χ1n) is 7.36. The first-order chi connectivity index (χ1) is 10.5. The summed E-state index contributed by atoms with van der Waals surface area (Å²) in [4.78, 5) is 36.8. The van der Waals surface area contributed by atoms with Crippen molar-refractivity contribution in [1.29, 1.82) is 0 Å². The highest BCUT2D eigenvalue weighted by Gasteiger charge is 2.28. The molecule has 0 radical (unpaired) electrons. The molecular formula is C15H21N3O4. The monoisotopic (exact) mass is 307 g/mol. The molecule has 1 aliphatic carbocycles. The quantitative estimate of drug-likeness (QED) is 0.445. The molecule has 1 heterocycles. The molecular weight excluding hydrogens is 286 g/mol. The minimum absolute atomic E-state index is 0.196. The third-order valence-electron chi connectivity index (χ3n) is 3.66. The van der Waals surface area contributed by atoms with E-state index in [0.717, 1.165) is 18.9 Å². The molecule has 2 aliphatic rings. The Hall–Kier alpha value is -2.15. The van der Waals surface area contributed by atoms with Gasteiger partial charge in [0.2, 0.25) is 0 Å². The van der Waals surface area contributed by atoms with Crippen LogP contribution < -0.4 is 10.6 Å².